The lowest BCUT2D eigenvalue weighted by atomic mass is 10.0. The molecular weight excluding hydrogens is 178 g/mol. The summed E-state index contributed by atoms with van der Waals surface area (Å²) in [6.45, 7) is 10.6. The van der Waals surface area contributed by atoms with Gasteiger partial charge in [0.15, 0.2) is 8.32 Å². The average molecular weight is 199 g/mol. The first-order valence-electron chi connectivity index (χ1n) is 4.98. The fourth-order valence-corrected chi connectivity index (χ4v) is 2.30. The molecule has 0 N–H and O–H groups in total. The summed E-state index contributed by atoms with van der Waals surface area (Å²) in [4.78, 5) is 0. The highest BCUT2D eigenvalue weighted by Gasteiger charge is 2.24. The summed E-state index contributed by atoms with van der Waals surface area (Å²) in [5.74, 6) is 0.363. The van der Waals surface area contributed by atoms with Crippen LogP contribution in [0.3, 0.4) is 0 Å². The lowest BCUT2D eigenvalue weighted by Gasteiger charge is -2.25. The summed E-state index contributed by atoms with van der Waals surface area (Å²) in [7, 11) is -1.56. The van der Waals surface area contributed by atoms with Crippen LogP contribution in [0.15, 0.2) is 0 Å². The molecule has 0 saturated heterocycles. The first kappa shape index (κ1) is 12.7. The first-order chi connectivity index (χ1) is 5.90. The van der Waals surface area contributed by atoms with Crippen LogP contribution in [0, 0.1) is 17.2 Å². The predicted molar refractivity (Wildman–Crippen MR) is 57.9 cm³/mol. The maximum absolute atomic E-state index is 8.93. The topological polar surface area (TPSA) is 33.0 Å². The Morgan fingerprint density at radius 3 is 2.23 bits per heavy atom. The van der Waals surface area contributed by atoms with Crippen LogP contribution in [0.4, 0.5) is 0 Å². The molecule has 0 spiro atoms. The van der Waals surface area contributed by atoms with Gasteiger partial charge in [-0.25, -0.2) is 0 Å². The van der Waals surface area contributed by atoms with Crippen molar-refractivity contribution in [2.45, 2.75) is 52.4 Å². The van der Waals surface area contributed by atoms with E-state index in [2.05, 4.69) is 39.6 Å². The molecule has 2 unspecified atom stereocenters. The number of nitrogens with zero attached hydrogens (tertiary/aromatic N) is 1. The molecule has 0 aromatic heterocycles. The molecule has 0 fully saturated rings. The molecule has 0 aromatic rings. The highest BCUT2D eigenvalue weighted by Crippen LogP contribution is 2.17. The minimum absolute atomic E-state index is 0.202. The van der Waals surface area contributed by atoms with Gasteiger partial charge in [0.25, 0.3) is 0 Å². The fourth-order valence-electron chi connectivity index (χ4n) is 1.26. The molecule has 0 radical (unpaired) electrons. The van der Waals surface area contributed by atoms with Gasteiger partial charge >= 0.3 is 0 Å². The Labute approximate surface area is 83.0 Å². The van der Waals surface area contributed by atoms with Crippen LogP contribution in [0.2, 0.25) is 19.6 Å². The minimum Gasteiger partial charge on any atom is -0.402 e. The van der Waals surface area contributed by atoms with Crippen LogP contribution in [0.25, 0.3) is 0 Å². The molecule has 0 saturated carbocycles. The third-order valence-electron chi connectivity index (χ3n) is 1.87. The zero-order chi connectivity index (χ0) is 10.5. The summed E-state index contributed by atoms with van der Waals surface area (Å²) < 4.78 is 5.78. The number of hydrogen-bond donors (Lipinski definition) is 0. The van der Waals surface area contributed by atoms with Crippen LogP contribution >= 0.6 is 0 Å². The summed E-state index contributed by atoms with van der Waals surface area (Å²) in [5, 5.41) is 8.93. The monoisotopic (exact) mass is 199 g/mol. The highest BCUT2D eigenvalue weighted by molar-refractivity contribution is 6.69. The van der Waals surface area contributed by atoms with Crippen molar-refractivity contribution in [3.05, 3.63) is 0 Å². The van der Waals surface area contributed by atoms with Gasteiger partial charge in [-0.05, 0) is 32.0 Å². The number of rotatable bonds is 5. The van der Waals surface area contributed by atoms with Crippen molar-refractivity contribution in [1.29, 1.82) is 5.26 Å². The molecule has 0 amide bonds. The van der Waals surface area contributed by atoms with Crippen molar-refractivity contribution in [2.75, 3.05) is 0 Å². The van der Waals surface area contributed by atoms with Crippen molar-refractivity contribution in [3.8, 4) is 6.07 Å². The van der Waals surface area contributed by atoms with Gasteiger partial charge in [0.2, 0.25) is 0 Å². The zero-order valence-corrected chi connectivity index (χ0v) is 10.4. The third-order valence-corrected chi connectivity index (χ3v) is 2.83. The van der Waals surface area contributed by atoms with Gasteiger partial charge < -0.3 is 4.43 Å². The number of hydrogen-bond acceptors (Lipinski definition) is 2. The van der Waals surface area contributed by atoms with E-state index in [0.717, 1.165) is 12.8 Å². The lowest BCUT2D eigenvalue weighted by molar-refractivity contribution is 0.180. The summed E-state index contributed by atoms with van der Waals surface area (Å²) in [6.07, 6.45) is 1.99. The van der Waals surface area contributed by atoms with Gasteiger partial charge in [-0.3, -0.25) is 0 Å². The molecule has 2 nitrogen and oxygen atoms in total. The molecule has 0 aliphatic heterocycles. The van der Waals surface area contributed by atoms with Gasteiger partial charge in [-0.2, -0.15) is 5.26 Å². The second kappa shape index (κ2) is 5.41. The zero-order valence-electron chi connectivity index (χ0n) is 9.42. The van der Waals surface area contributed by atoms with Crippen molar-refractivity contribution < 1.29 is 4.43 Å². The molecule has 0 bridgehead atoms. The molecule has 76 valence electrons. The van der Waals surface area contributed by atoms with E-state index < -0.39 is 8.32 Å². The van der Waals surface area contributed by atoms with E-state index in [-0.39, 0.29) is 6.10 Å². The Hall–Kier alpha value is -0.333. The average Bonchev–Trinajstić information content (AvgIpc) is 1.99. The minimum atomic E-state index is -1.56. The van der Waals surface area contributed by atoms with Crippen molar-refractivity contribution >= 4 is 8.32 Å². The van der Waals surface area contributed by atoms with Crippen LogP contribution in [0.1, 0.15) is 26.7 Å². The van der Waals surface area contributed by atoms with E-state index in [4.69, 9.17) is 9.69 Å². The Morgan fingerprint density at radius 1 is 1.38 bits per heavy atom. The maximum atomic E-state index is 8.93. The van der Waals surface area contributed by atoms with Crippen molar-refractivity contribution in [2.24, 2.45) is 5.92 Å². The second-order valence-electron chi connectivity index (χ2n) is 4.55. The van der Waals surface area contributed by atoms with Crippen LogP contribution in [0.5, 0.6) is 0 Å². The fraction of sp³-hybridized carbons (Fsp3) is 0.900. The van der Waals surface area contributed by atoms with Gasteiger partial charge in [-0.1, -0.05) is 20.3 Å². The van der Waals surface area contributed by atoms with E-state index in [9.17, 15) is 0 Å². The predicted octanol–water partition coefficient (Wildman–Crippen LogP) is 3.17. The molecular formula is C10H21NOSi. The Morgan fingerprint density at radius 2 is 1.92 bits per heavy atom. The normalized spacial score (nSPS) is 16.3. The van der Waals surface area contributed by atoms with Gasteiger partial charge in [0.1, 0.15) is 6.10 Å². The quantitative estimate of drug-likeness (QED) is 0.637. The summed E-state index contributed by atoms with van der Waals surface area (Å²) in [6, 6.07) is 2.26. The largest absolute Gasteiger partial charge is 0.402 e. The SMILES string of the molecule is CCCC(C)C(C#N)O[Si](C)(C)C. The van der Waals surface area contributed by atoms with Crippen molar-refractivity contribution in [1.82, 2.24) is 0 Å². The van der Waals surface area contributed by atoms with Crippen LogP contribution in [-0.2, 0) is 4.43 Å². The standard InChI is InChI=1S/C10H21NOSi/c1-6-7-9(2)10(8-11)12-13(3,4)5/h9-10H,6-7H2,1-5H3. The molecule has 0 aliphatic carbocycles. The Bertz CT molecular complexity index is 180. The first-order valence-corrected chi connectivity index (χ1v) is 8.39. The van der Waals surface area contributed by atoms with E-state index in [1.807, 2.05) is 0 Å². The highest BCUT2D eigenvalue weighted by atomic mass is 28.4. The molecule has 0 heterocycles. The number of nitriles is 1. The smallest absolute Gasteiger partial charge is 0.185 e. The van der Waals surface area contributed by atoms with E-state index in [0.29, 0.717) is 5.92 Å². The molecule has 13 heavy (non-hydrogen) atoms. The lowest BCUT2D eigenvalue weighted by Crippen LogP contribution is -2.34. The third kappa shape index (κ3) is 5.84. The van der Waals surface area contributed by atoms with E-state index >= 15 is 0 Å². The van der Waals surface area contributed by atoms with Crippen LogP contribution in [-0.4, -0.2) is 14.4 Å². The van der Waals surface area contributed by atoms with Gasteiger partial charge in [0.05, 0.1) is 6.07 Å². The summed E-state index contributed by atoms with van der Waals surface area (Å²) in [5.41, 5.74) is 0. The van der Waals surface area contributed by atoms with E-state index in [1.165, 1.54) is 0 Å². The molecule has 0 aliphatic rings. The maximum Gasteiger partial charge on any atom is 0.185 e. The van der Waals surface area contributed by atoms with Gasteiger partial charge in [0, 0.05) is 0 Å². The second-order valence-corrected chi connectivity index (χ2v) is 9.01. The molecule has 0 rings (SSSR count). The van der Waals surface area contributed by atoms with Crippen LogP contribution < -0.4 is 0 Å². The molecule has 2 atom stereocenters. The Balaban J connectivity index is 4.12. The molecule has 0 aromatic carbocycles. The molecule has 3 heteroatoms. The summed E-state index contributed by atoms with van der Waals surface area (Å²) >= 11 is 0. The Kier molecular flexibility index (Phi) is 5.27. The van der Waals surface area contributed by atoms with E-state index in [1.54, 1.807) is 0 Å². The van der Waals surface area contributed by atoms with Crippen molar-refractivity contribution in [3.63, 3.8) is 0 Å². The van der Waals surface area contributed by atoms with Gasteiger partial charge in [-0.15, -0.1) is 0 Å².